The molecule has 13 heavy (non-hydrogen) atoms. The van der Waals surface area contributed by atoms with Crippen molar-refractivity contribution in [2.75, 3.05) is 0 Å². The molecule has 0 aromatic heterocycles. The van der Waals surface area contributed by atoms with Crippen molar-refractivity contribution in [3.05, 3.63) is 0 Å². The Bertz CT molecular complexity index is 287. The van der Waals surface area contributed by atoms with E-state index in [0.717, 1.165) is 0 Å². The van der Waals surface area contributed by atoms with Gasteiger partial charge in [-0.3, -0.25) is 4.79 Å². The molecule has 3 heteroatoms. The average Bonchev–Trinajstić information content (AvgIpc) is 2.54. The smallest absolute Gasteiger partial charge is 0.310 e. The molecule has 1 aliphatic heterocycles. The molecule has 3 fully saturated rings. The molecule has 5 atom stereocenters. The molecule has 0 spiro atoms. The standard InChI is InChI=1S/C10H13IO2/c1-10(2)5-3-4-6(10)9(12)13-8(4)7(5)11/h4-8H,3H2,1-2H3/t4-,5-,6+,7+,8+/m1/s1. The number of carbonyl (C=O) groups excluding carboxylic acids is 1. The molecule has 0 unspecified atom stereocenters. The lowest BCUT2D eigenvalue weighted by Crippen LogP contribution is -2.39. The van der Waals surface area contributed by atoms with E-state index in [2.05, 4.69) is 36.4 Å². The van der Waals surface area contributed by atoms with Gasteiger partial charge in [0.1, 0.15) is 6.10 Å². The van der Waals surface area contributed by atoms with Crippen molar-refractivity contribution in [3.8, 4) is 0 Å². The molecule has 2 bridgehead atoms. The van der Waals surface area contributed by atoms with Crippen molar-refractivity contribution >= 4 is 28.6 Å². The quantitative estimate of drug-likeness (QED) is 0.388. The number of fused-ring (bicyclic) bond motifs is 1. The van der Waals surface area contributed by atoms with Gasteiger partial charge in [-0.2, -0.15) is 0 Å². The van der Waals surface area contributed by atoms with Crippen molar-refractivity contribution < 1.29 is 9.53 Å². The van der Waals surface area contributed by atoms with E-state index >= 15 is 0 Å². The first-order valence-corrected chi connectivity index (χ1v) is 6.12. The highest BCUT2D eigenvalue weighted by Gasteiger charge is 2.69. The van der Waals surface area contributed by atoms with E-state index in [1.165, 1.54) is 6.42 Å². The number of alkyl halides is 1. The van der Waals surface area contributed by atoms with Crippen molar-refractivity contribution in [3.63, 3.8) is 0 Å². The van der Waals surface area contributed by atoms with Gasteiger partial charge in [-0.05, 0) is 17.8 Å². The maximum absolute atomic E-state index is 11.6. The Morgan fingerprint density at radius 2 is 2.23 bits per heavy atom. The Balaban J connectivity index is 2.11. The molecule has 2 nitrogen and oxygen atoms in total. The molecule has 1 heterocycles. The lowest BCUT2D eigenvalue weighted by atomic mass is 9.69. The van der Waals surface area contributed by atoms with Gasteiger partial charge in [0.2, 0.25) is 0 Å². The number of hydrogen-bond donors (Lipinski definition) is 0. The lowest BCUT2D eigenvalue weighted by Gasteiger charge is -2.35. The fourth-order valence-corrected chi connectivity index (χ4v) is 5.58. The number of esters is 1. The molecule has 1 saturated heterocycles. The summed E-state index contributed by atoms with van der Waals surface area (Å²) >= 11 is 2.47. The van der Waals surface area contributed by atoms with Crippen LogP contribution in [0.2, 0.25) is 0 Å². The van der Waals surface area contributed by atoms with Gasteiger partial charge in [0.15, 0.2) is 0 Å². The fourth-order valence-electron chi connectivity index (χ4n) is 3.68. The van der Waals surface area contributed by atoms with E-state index in [9.17, 15) is 4.79 Å². The third-order valence-electron chi connectivity index (χ3n) is 4.34. The summed E-state index contributed by atoms with van der Waals surface area (Å²) in [7, 11) is 0. The molecule has 72 valence electrons. The van der Waals surface area contributed by atoms with E-state index in [1.807, 2.05) is 0 Å². The first-order chi connectivity index (χ1) is 6.03. The van der Waals surface area contributed by atoms with Crippen LogP contribution in [0.1, 0.15) is 20.3 Å². The van der Waals surface area contributed by atoms with E-state index in [-0.39, 0.29) is 23.4 Å². The SMILES string of the molecule is CC1(C)[C@@H]2C[C@H]3[C@H](OC(=O)[C@H]31)[C@H]2I. The fraction of sp³-hybridized carbons (Fsp3) is 0.900. The molecule has 0 amide bonds. The summed E-state index contributed by atoms with van der Waals surface area (Å²) < 4.78 is 6.00. The number of carbonyl (C=O) groups is 1. The minimum atomic E-state index is 0.0710. The zero-order chi connectivity index (χ0) is 9.38. The van der Waals surface area contributed by atoms with Gasteiger partial charge >= 0.3 is 5.97 Å². The van der Waals surface area contributed by atoms with Gasteiger partial charge in [-0.1, -0.05) is 36.4 Å². The normalized spacial score (nSPS) is 55.6. The van der Waals surface area contributed by atoms with Gasteiger partial charge in [0.05, 0.1) is 9.84 Å². The largest absolute Gasteiger partial charge is 0.461 e. The maximum Gasteiger partial charge on any atom is 0.310 e. The Kier molecular flexibility index (Phi) is 1.46. The van der Waals surface area contributed by atoms with E-state index in [0.29, 0.717) is 15.8 Å². The van der Waals surface area contributed by atoms with Crippen LogP contribution in [0.3, 0.4) is 0 Å². The molecule has 2 aliphatic carbocycles. The molecule has 0 radical (unpaired) electrons. The van der Waals surface area contributed by atoms with Crippen LogP contribution in [-0.2, 0) is 9.53 Å². The van der Waals surface area contributed by atoms with Crippen LogP contribution in [0.25, 0.3) is 0 Å². The minimum absolute atomic E-state index is 0.0710. The highest BCUT2D eigenvalue weighted by molar-refractivity contribution is 14.1. The van der Waals surface area contributed by atoms with Crippen LogP contribution in [0.15, 0.2) is 0 Å². The van der Waals surface area contributed by atoms with Crippen molar-refractivity contribution in [2.24, 2.45) is 23.2 Å². The molecule has 0 aromatic rings. The Hall–Kier alpha value is 0.200. The van der Waals surface area contributed by atoms with E-state index in [1.54, 1.807) is 0 Å². The molecule has 0 N–H and O–H groups in total. The number of hydrogen-bond acceptors (Lipinski definition) is 2. The predicted octanol–water partition coefficient (Wildman–Crippen LogP) is 2.01. The van der Waals surface area contributed by atoms with Crippen molar-refractivity contribution in [1.29, 1.82) is 0 Å². The number of ether oxygens (including phenoxy) is 1. The monoisotopic (exact) mass is 292 g/mol. The Morgan fingerprint density at radius 3 is 2.85 bits per heavy atom. The minimum Gasteiger partial charge on any atom is -0.461 e. The van der Waals surface area contributed by atoms with Gasteiger partial charge in [0, 0.05) is 5.92 Å². The van der Waals surface area contributed by atoms with E-state index < -0.39 is 0 Å². The van der Waals surface area contributed by atoms with Crippen LogP contribution in [0, 0.1) is 23.2 Å². The molecule has 2 saturated carbocycles. The third kappa shape index (κ3) is 0.785. The lowest BCUT2D eigenvalue weighted by molar-refractivity contribution is -0.144. The summed E-state index contributed by atoms with van der Waals surface area (Å²) in [6, 6.07) is 0. The Labute approximate surface area is 91.5 Å². The topological polar surface area (TPSA) is 26.3 Å². The van der Waals surface area contributed by atoms with Crippen LogP contribution in [0.4, 0.5) is 0 Å². The predicted molar refractivity (Wildman–Crippen MR) is 56.6 cm³/mol. The second-order valence-electron chi connectivity index (χ2n) is 5.15. The highest BCUT2D eigenvalue weighted by atomic mass is 127. The van der Waals surface area contributed by atoms with Crippen LogP contribution in [-0.4, -0.2) is 16.0 Å². The van der Waals surface area contributed by atoms with Crippen molar-refractivity contribution in [1.82, 2.24) is 0 Å². The van der Waals surface area contributed by atoms with Crippen LogP contribution in [0.5, 0.6) is 0 Å². The summed E-state index contributed by atoms with van der Waals surface area (Å²) in [4.78, 5) is 11.6. The first kappa shape index (κ1) is 8.50. The number of halogens is 1. The van der Waals surface area contributed by atoms with E-state index in [4.69, 9.17) is 4.74 Å². The summed E-state index contributed by atoms with van der Waals surface area (Å²) in [5.41, 5.74) is 0.181. The second kappa shape index (κ2) is 2.23. The first-order valence-electron chi connectivity index (χ1n) is 4.88. The van der Waals surface area contributed by atoms with Gasteiger partial charge < -0.3 is 4.74 Å². The van der Waals surface area contributed by atoms with Gasteiger partial charge in [0.25, 0.3) is 0 Å². The summed E-state index contributed by atoms with van der Waals surface area (Å²) in [6.07, 6.45) is 1.46. The average molecular weight is 292 g/mol. The van der Waals surface area contributed by atoms with Crippen LogP contribution < -0.4 is 0 Å². The number of rotatable bonds is 0. The summed E-state index contributed by atoms with van der Waals surface area (Å²) in [6.45, 7) is 4.47. The van der Waals surface area contributed by atoms with Gasteiger partial charge in [-0.15, -0.1) is 0 Å². The van der Waals surface area contributed by atoms with Crippen LogP contribution >= 0.6 is 22.6 Å². The molecule has 0 aromatic carbocycles. The van der Waals surface area contributed by atoms with Gasteiger partial charge in [-0.25, -0.2) is 0 Å². The zero-order valence-corrected chi connectivity index (χ0v) is 9.95. The van der Waals surface area contributed by atoms with Crippen molar-refractivity contribution in [2.45, 2.75) is 30.3 Å². The summed E-state index contributed by atoms with van der Waals surface area (Å²) in [5, 5.41) is 0. The zero-order valence-electron chi connectivity index (χ0n) is 7.79. The third-order valence-corrected chi connectivity index (χ3v) is 5.91. The molecular weight excluding hydrogens is 279 g/mol. The summed E-state index contributed by atoms with van der Waals surface area (Å²) in [5.74, 6) is 1.50. The molecule has 3 aliphatic rings. The highest BCUT2D eigenvalue weighted by Crippen LogP contribution is 2.65. The Morgan fingerprint density at radius 1 is 1.54 bits per heavy atom. The molecule has 3 rings (SSSR count). The second-order valence-corrected chi connectivity index (χ2v) is 6.59. The maximum atomic E-state index is 11.6. The molecular formula is C10H13IO2.